The van der Waals surface area contributed by atoms with Crippen LogP contribution in [0.4, 0.5) is 8.78 Å². The third kappa shape index (κ3) is 6.75. The van der Waals surface area contributed by atoms with E-state index >= 15 is 0 Å². The lowest BCUT2D eigenvalue weighted by molar-refractivity contribution is -0.142. The van der Waals surface area contributed by atoms with Gasteiger partial charge >= 0.3 is 5.97 Å². The van der Waals surface area contributed by atoms with Gasteiger partial charge in [-0.05, 0) is 50.4 Å². The molecular formula is C17H30F2O2. The van der Waals surface area contributed by atoms with Crippen LogP contribution in [-0.4, -0.2) is 17.0 Å². The predicted molar refractivity (Wildman–Crippen MR) is 80.6 cm³/mol. The lowest BCUT2D eigenvalue weighted by Crippen LogP contribution is -2.18. The number of aliphatic carboxylic acids is 1. The van der Waals surface area contributed by atoms with Gasteiger partial charge in [-0.2, -0.15) is 0 Å². The van der Waals surface area contributed by atoms with Crippen molar-refractivity contribution in [2.75, 3.05) is 0 Å². The molecule has 1 rings (SSSR count). The second-order valence-corrected chi connectivity index (χ2v) is 6.78. The Kier molecular flexibility index (Phi) is 7.61. The van der Waals surface area contributed by atoms with E-state index in [1.54, 1.807) is 0 Å². The summed E-state index contributed by atoms with van der Waals surface area (Å²) in [5.41, 5.74) is 0. The third-order valence-corrected chi connectivity index (χ3v) is 5.03. The van der Waals surface area contributed by atoms with Crippen molar-refractivity contribution < 1.29 is 18.7 Å². The molecule has 1 N–H and O–H groups in total. The van der Waals surface area contributed by atoms with Gasteiger partial charge in [0.05, 0.1) is 5.92 Å². The number of unbranched alkanes of at least 4 members (excludes halogenated alkanes) is 1. The van der Waals surface area contributed by atoms with Gasteiger partial charge in [0, 0.05) is 12.8 Å². The molecule has 0 bridgehead atoms. The molecule has 1 unspecified atom stereocenters. The zero-order chi connectivity index (χ0) is 15.9. The fourth-order valence-corrected chi connectivity index (χ4v) is 3.40. The van der Waals surface area contributed by atoms with E-state index in [-0.39, 0.29) is 18.8 Å². The Balaban J connectivity index is 2.40. The molecule has 124 valence electrons. The number of carboxylic acids is 1. The molecule has 0 saturated heterocycles. The van der Waals surface area contributed by atoms with E-state index < -0.39 is 11.9 Å². The summed E-state index contributed by atoms with van der Waals surface area (Å²) in [7, 11) is 0. The third-order valence-electron chi connectivity index (χ3n) is 5.03. The fourth-order valence-electron chi connectivity index (χ4n) is 3.40. The number of alkyl halides is 2. The topological polar surface area (TPSA) is 37.3 Å². The maximum absolute atomic E-state index is 13.4. The lowest BCUT2D eigenvalue weighted by Gasteiger charge is -2.24. The van der Waals surface area contributed by atoms with Gasteiger partial charge in [0.2, 0.25) is 5.92 Å². The van der Waals surface area contributed by atoms with Crippen LogP contribution in [0.5, 0.6) is 0 Å². The molecule has 21 heavy (non-hydrogen) atoms. The zero-order valence-electron chi connectivity index (χ0n) is 13.4. The second-order valence-electron chi connectivity index (χ2n) is 6.78. The van der Waals surface area contributed by atoms with Gasteiger partial charge in [-0.15, -0.1) is 0 Å². The maximum atomic E-state index is 13.4. The molecule has 1 saturated carbocycles. The predicted octanol–water partition coefficient (Wildman–Crippen LogP) is 5.51. The van der Waals surface area contributed by atoms with E-state index in [0.717, 1.165) is 32.1 Å². The van der Waals surface area contributed by atoms with Crippen LogP contribution in [0, 0.1) is 17.8 Å². The average Bonchev–Trinajstić information content (AvgIpc) is 2.59. The van der Waals surface area contributed by atoms with Crippen molar-refractivity contribution in [1.82, 2.24) is 0 Å². The lowest BCUT2D eigenvalue weighted by atomic mass is 9.82. The van der Waals surface area contributed by atoms with Crippen molar-refractivity contribution in [3.05, 3.63) is 0 Å². The fraction of sp³-hybridized carbons (Fsp3) is 0.941. The van der Waals surface area contributed by atoms with Gasteiger partial charge in [0.15, 0.2) is 0 Å². The summed E-state index contributed by atoms with van der Waals surface area (Å²) in [5.74, 6) is -2.77. The summed E-state index contributed by atoms with van der Waals surface area (Å²) >= 11 is 0. The number of rotatable bonds is 8. The van der Waals surface area contributed by atoms with Gasteiger partial charge in [0.1, 0.15) is 0 Å². The SMILES string of the molecule is CCCC[C@@H](CC[C@@H](C)C1CCCC(F)(F)CC1)C(=O)O. The molecule has 3 atom stereocenters. The minimum absolute atomic E-state index is 0.000199. The molecule has 1 aliphatic rings. The first-order valence-electron chi connectivity index (χ1n) is 8.46. The van der Waals surface area contributed by atoms with E-state index in [0.29, 0.717) is 31.1 Å². The Hall–Kier alpha value is -0.670. The Bertz CT molecular complexity index is 318. The highest BCUT2D eigenvalue weighted by Crippen LogP contribution is 2.38. The Morgan fingerprint density at radius 3 is 2.57 bits per heavy atom. The highest BCUT2D eigenvalue weighted by Gasteiger charge is 2.34. The van der Waals surface area contributed by atoms with Crippen LogP contribution in [0.15, 0.2) is 0 Å². The van der Waals surface area contributed by atoms with E-state index in [1.807, 2.05) is 0 Å². The molecule has 0 amide bonds. The number of carbonyl (C=O) groups is 1. The summed E-state index contributed by atoms with van der Waals surface area (Å²) in [6, 6.07) is 0. The van der Waals surface area contributed by atoms with Crippen LogP contribution in [0.2, 0.25) is 0 Å². The normalized spacial score (nSPS) is 25.0. The zero-order valence-corrected chi connectivity index (χ0v) is 13.4. The van der Waals surface area contributed by atoms with E-state index in [9.17, 15) is 18.7 Å². The van der Waals surface area contributed by atoms with Crippen LogP contribution >= 0.6 is 0 Å². The summed E-state index contributed by atoms with van der Waals surface area (Å²) in [6.45, 7) is 4.17. The van der Waals surface area contributed by atoms with Crippen molar-refractivity contribution in [3.8, 4) is 0 Å². The molecule has 0 heterocycles. The summed E-state index contributed by atoms with van der Waals surface area (Å²) < 4.78 is 26.8. The number of halogens is 2. The van der Waals surface area contributed by atoms with E-state index in [1.165, 1.54) is 0 Å². The van der Waals surface area contributed by atoms with Gasteiger partial charge < -0.3 is 5.11 Å². The van der Waals surface area contributed by atoms with Gasteiger partial charge in [0.25, 0.3) is 0 Å². The van der Waals surface area contributed by atoms with Gasteiger partial charge in [-0.25, -0.2) is 8.78 Å². The molecule has 1 fully saturated rings. The average molecular weight is 304 g/mol. The first-order valence-corrected chi connectivity index (χ1v) is 8.46. The minimum Gasteiger partial charge on any atom is -0.481 e. The molecule has 2 nitrogen and oxygen atoms in total. The molecule has 1 aliphatic carbocycles. The summed E-state index contributed by atoms with van der Waals surface area (Å²) in [6.07, 6.45) is 6.29. The number of carboxylic acid groups (broad SMARTS) is 1. The van der Waals surface area contributed by atoms with Gasteiger partial charge in [-0.3, -0.25) is 4.79 Å². The monoisotopic (exact) mass is 304 g/mol. The second kappa shape index (κ2) is 8.70. The van der Waals surface area contributed by atoms with Crippen LogP contribution in [0.1, 0.15) is 78.1 Å². The van der Waals surface area contributed by atoms with Crippen molar-refractivity contribution in [3.63, 3.8) is 0 Å². The van der Waals surface area contributed by atoms with Gasteiger partial charge in [-0.1, -0.05) is 26.7 Å². The van der Waals surface area contributed by atoms with Crippen molar-refractivity contribution in [2.45, 2.75) is 84.0 Å². The van der Waals surface area contributed by atoms with Crippen LogP contribution < -0.4 is 0 Å². The molecule has 0 spiro atoms. The van der Waals surface area contributed by atoms with Crippen molar-refractivity contribution in [1.29, 1.82) is 0 Å². The maximum Gasteiger partial charge on any atom is 0.306 e. The first kappa shape index (κ1) is 18.4. The van der Waals surface area contributed by atoms with Crippen molar-refractivity contribution in [2.24, 2.45) is 17.8 Å². The highest BCUT2D eigenvalue weighted by molar-refractivity contribution is 5.69. The number of hydrogen-bond acceptors (Lipinski definition) is 1. The molecule has 0 aliphatic heterocycles. The summed E-state index contributed by atoms with van der Waals surface area (Å²) in [4.78, 5) is 11.2. The Morgan fingerprint density at radius 1 is 1.24 bits per heavy atom. The molecule has 0 radical (unpaired) electrons. The Labute approximate surface area is 127 Å². The van der Waals surface area contributed by atoms with E-state index in [4.69, 9.17) is 0 Å². The quantitative estimate of drug-likeness (QED) is 0.600. The molecule has 4 heteroatoms. The van der Waals surface area contributed by atoms with Crippen LogP contribution in [0.25, 0.3) is 0 Å². The molecule has 0 aromatic rings. The highest BCUT2D eigenvalue weighted by atomic mass is 19.3. The number of hydrogen-bond donors (Lipinski definition) is 1. The molecular weight excluding hydrogens is 274 g/mol. The summed E-state index contributed by atoms with van der Waals surface area (Å²) in [5, 5.41) is 9.24. The van der Waals surface area contributed by atoms with E-state index in [2.05, 4.69) is 13.8 Å². The molecule has 0 aromatic heterocycles. The smallest absolute Gasteiger partial charge is 0.306 e. The van der Waals surface area contributed by atoms with Crippen LogP contribution in [-0.2, 0) is 4.79 Å². The standard InChI is InChI=1S/C17H30F2O2/c1-3-4-6-15(16(20)21)9-8-13(2)14-7-5-11-17(18,19)12-10-14/h13-15H,3-12H2,1-2H3,(H,20,21)/t13-,14?,15+/m1/s1. The van der Waals surface area contributed by atoms with Crippen LogP contribution in [0.3, 0.4) is 0 Å². The molecule has 0 aromatic carbocycles. The van der Waals surface area contributed by atoms with Crippen molar-refractivity contribution >= 4 is 5.97 Å². The Morgan fingerprint density at radius 2 is 1.95 bits per heavy atom. The minimum atomic E-state index is -2.49. The largest absolute Gasteiger partial charge is 0.481 e. The first-order chi connectivity index (χ1) is 9.85.